The Bertz CT molecular complexity index is 1600. The summed E-state index contributed by atoms with van der Waals surface area (Å²) in [5, 5.41) is 31.6. The highest BCUT2D eigenvalue weighted by atomic mass is 16.7. The first kappa shape index (κ1) is 73.4. The standard InChI is InChI=1S/C67H116O12/c1-4-7-10-13-16-19-22-24-26-28-30-32-34-36-39-41-44-47-50-53-59(68)75-56-58(77-60(69)54-51-48-45-42-38-21-18-15-12-9-6-3)57-76-67-65(63(72)62(71)64(79-67)66(73)74)78-61(70)55-52-49-46-43-40-37-35-33-31-29-27-25-23-20-17-14-11-8-5-2/h15-16,18-19,24-27,30,32,58,62-65,67,71-72H,4-14,17,20-23,28-29,31,33-57H2,1-3H3,(H,73,74)/b18-15-,19-16-,26-24-,27-25-,32-30-. The van der Waals surface area contributed by atoms with E-state index in [1.807, 2.05) is 0 Å². The number of rotatable bonds is 55. The number of aliphatic hydroxyl groups excluding tert-OH is 2. The second-order valence-corrected chi connectivity index (χ2v) is 22.0. The maximum Gasteiger partial charge on any atom is 0.335 e. The first-order chi connectivity index (χ1) is 38.6. The number of aliphatic carboxylic acids is 1. The molecule has 0 saturated carbocycles. The lowest BCUT2D eigenvalue weighted by molar-refractivity contribution is -0.301. The van der Waals surface area contributed by atoms with Crippen molar-refractivity contribution in [2.45, 2.75) is 327 Å². The number of unbranched alkanes of at least 4 members (excludes halogenated alkanes) is 31. The van der Waals surface area contributed by atoms with Crippen LogP contribution in [0.1, 0.15) is 290 Å². The largest absolute Gasteiger partial charge is 0.479 e. The first-order valence-corrected chi connectivity index (χ1v) is 32.3. The highest BCUT2D eigenvalue weighted by Crippen LogP contribution is 2.27. The Kier molecular flexibility index (Phi) is 51.1. The van der Waals surface area contributed by atoms with Crippen LogP contribution in [0.25, 0.3) is 0 Å². The van der Waals surface area contributed by atoms with Gasteiger partial charge < -0.3 is 39.0 Å². The number of hydrogen-bond donors (Lipinski definition) is 3. The number of carboxylic acids is 1. The van der Waals surface area contributed by atoms with Gasteiger partial charge in [-0.2, -0.15) is 0 Å². The first-order valence-electron chi connectivity index (χ1n) is 32.3. The summed E-state index contributed by atoms with van der Waals surface area (Å²) in [7, 11) is 0. The van der Waals surface area contributed by atoms with Gasteiger partial charge in [-0.25, -0.2) is 4.79 Å². The van der Waals surface area contributed by atoms with E-state index in [0.29, 0.717) is 19.3 Å². The molecule has 0 spiro atoms. The summed E-state index contributed by atoms with van der Waals surface area (Å²) in [5.74, 6) is -3.14. The molecule has 0 aliphatic carbocycles. The van der Waals surface area contributed by atoms with E-state index >= 15 is 0 Å². The van der Waals surface area contributed by atoms with Gasteiger partial charge in [-0.3, -0.25) is 14.4 Å². The quantitative estimate of drug-likeness (QED) is 0.0228. The van der Waals surface area contributed by atoms with Crippen LogP contribution in [0.5, 0.6) is 0 Å². The zero-order valence-electron chi connectivity index (χ0n) is 50.4. The molecule has 6 atom stereocenters. The molecule has 456 valence electrons. The molecule has 0 amide bonds. The average Bonchev–Trinajstić information content (AvgIpc) is 3.47. The van der Waals surface area contributed by atoms with Gasteiger partial charge in [0.15, 0.2) is 24.6 Å². The molecule has 1 aliphatic rings. The number of carboxylic acid groups (broad SMARTS) is 1. The predicted octanol–water partition coefficient (Wildman–Crippen LogP) is 17.1. The van der Waals surface area contributed by atoms with Crippen LogP contribution >= 0.6 is 0 Å². The molecule has 12 heteroatoms. The van der Waals surface area contributed by atoms with E-state index in [1.165, 1.54) is 109 Å². The molecule has 1 heterocycles. The molecule has 0 aromatic carbocycles. The minimum Gasteiger partial charge on any atom is -0.479 e. The highest BCUT2D eigenvalue weighted by Gasteiger charge is 2.50. The molecule has 1 saturated heterocycles. The van der Waals surface area contributed by atoms with Gasteiger partial charge in [0.25, 0.3) is 0 Å². The van der Waals surface area contributed by atoms with Crippen LogP contribution in [-0.2, 0) is 42.9 Å². The van der Waals surface area contributed by atoms with Crippen LogP contribution in [0.4, 0.5) is 0 Å². The zero-order chi connectivity index (χ0) is 57.5. The molecular weight excluding hydrogens is 997 g/mol. The lowest BCUT2D eigenvalue weighted by atomic mass is 9.98. The Morgan fingerprint density at radius 2 is 0.772 bits per heavy atom. The van der Waals surface area contributed by atoms with Crippen molar-refractivity contribution < 1.29 is 58.2 Å². The van der Waals surface area contributed by atoms with E-state index in [1.54, 1.807) is 0 Å². The fraction of sp³-hybridized carbons (Fsp3) is 0.791. The smallest absolute Gasteiger partial charge is 0.335 e. The van der Waals surface area contributed by atoms with E-state index in [-0.39, 0.29) is 25.9 Å². The molecule has 3 N–H and O–H groups in total. The van der Waals surface area contributed by atoms with Crippen LogP contribution < -0.4 is 0 Å². The Labute approximate surface area is 481 Å². The molecular formula is C67H116O12. The van der Waals surface area contributed by atoms with Gasteiger partial charge in [-0.05, 0) is 103 Å². The van der Waals surface area contributed by atoms with Crippen molar-refractivity contribution in [3.8, 4) is 0 Å². The Balaban J connectivity index is 2.62. The van der Waals surface area contributed by atoms with Gasteiger partial charge in [0.05, 0.1) is 6.61 Å². The highest BCUT2D eigenvalue weighted by molar-refractivity contribution is 5.74. The van der Waals surface area contributed by atoms with Crippen LogP contribution in [0.3, 0.4) is 0 Å². The minimum absolute atomic E-state index is 0.0564. The van der Waals surface area contributed by atoms with Crippen LogP contribution in [-0.4, -0.2) is 89.2 Å². The Hall–Kier alpha value is -3.58. The number of allylic oxidation sites excluding steroid dienone is 10. The molecule has 0 radical (unpaired) electrons. The van der Waals surface area contributed by atoms with Gasteiger partial charge in [0, 0.05) is 19.3 Å². The average molecular weight is 1110 g/mol. The predicted molar refractivity (Wildman–Crippen MR) is 322 cm³/mol. The number of esters is 3. The van der Waals surface area contributed by atoms with Crippen molar-refractivity contribution in [3.05, 3.63) is 60.8 Å². The molecule has 79 heavy (non-hydrogen) atoms. The lowest BCUT2D eigenvalue weighted by Crippen LogP contribution is -2.61. The third-order valence-corrected chi connectivity index (χ3v) is 14.5. The normalized spacial score (nSPS) is 18.2. The second-order valence-electron chi connectivity index (χ2n) is 22.0. The van der Waals surface area contributed by atoms with Gasteiger partial charge in [-0.15, -0.1) is 0 Å². The van der Waals surface area contributed by atoms with Crippen molar-refractivity contribution >= 4 is 23.9 Å². The number of ether oxygens (including phenoxy) is 5. The van der Waals surface area contributed by atoms with Crippen molar-refractivity contribution in [1.82, 2.24) is 0 Å². The number of carbonyl (C=O) groups is 4. The van der Waals surface area contributed by atoms with Gasteiger partial charge in [-0.1, -0.05) is 229 Å². The third-order valence-electron chi connectivity index (χ3n) is 14.5. The number of aliphatic hydroxyl groups is 2. The maximum absolute atomic E-state index is 13.1. The van der Waals surface area contributed by atoms with E-state index in [2.05, 4.69) is 81.5 Å². The third kappa shape index (κ3) is 44.7. The number of carbonyl (C=O) groups excluding carboxylic acids is 3. The minimum atomic E-state index is -1.91. The molecule has 1 rings (SSSR count). The Morgan fingerprint density at radius 1 is 0.418 bits per heavy atom. The van der Waals surface area contributed by atoms with Crippen LogP contribution in [0.2, 0.25) is 0 Å². The molecule has 1 fully saturated rings. The van der Waals surface area contributed by atoms with Crippen LogP contribution in [0, 0.1) is 0 Å². The summed E-state index contributed by atoms with van der Waals surface area (Å²) in [6, 6.07) is 0. The van der Waals surface area contributed by atoms with Crippen LogP contribution in [0.15, 0.2) is 60.8 Å². The topological polar surface area (TPSA) is 175 Å². The van der Waals surface area contributed by atoms with Crippen molar-refractivity contribution in [2.75, 3.05) is 13.2 Å². The van der Waals surface area contributed by atoms with Gasteiger partial charge in [0.1, 0.15) is 18.8 Å². The van der Waals surface area contributed by atoms with E-state index in [9.17, 15) is 34.5 Å². The molecule has 6 unspecified atom stereocenters. The fourth-order valence-corrected chi connectivity index (χ4v) is 9.53. The maximum atomic E-state index is 13.1. The summed E-state index contributed by atoms with van der Waals surface area (Å²) >= 11 is 0. The monoisotopic (exact) mass is 1110 g/mol. The van der Waals surface area contributed by atoms with E-state index in [0.717, 1.165) is 122 Å². The molecule has 12 nitrogen and oxygen atoms in total. The fourth-order valence-electron chi connectivity index (χ4n) is 9.53. The van der Waals surface area contributed by atoms with Crippen molar-refractivity contribution in [3.63, 3.8) is 0 Å². The summed E-state index contributed by atoms with van der Waals surface area (Å²) in [6.07, 6.45) is 56.1. The molecule has 0 bridgehead atoms. The summed E-state index contributed by atoms with van der Waals surface area (Å²) in [4.78, 5) is 51.2. The van der Waals surface area contributed by atoms with Gasteiger partial charge >= 0.3 is 23.9 Å². The molecule has 0 aromatic heterocycles. The lowest BCUT2D eigenvalue weighted by Gasteiger charge is -2.40. The Morgan fingerprint density at radius 3 is 1.23 bits per heavy atom. The van der Waals surface area contributed by atoms with Crippen molar-refractivity contribution in [2.24, 2.45) is 0 Å². The van der Waals surface area contributed by atoms with Gasteiger partial charge in [0.2, 0.25) is 0 Å². The SMILES string of the molecule is CCCC/C=C\CCCCCCCC(=O)OC(COC(=O)CCCCCCCC/C=C\C/C=C\C/C=C\CCCCC)COC1OC(C(=O)O)C(O)C(O)C1OC(=O)CCCCCCCCCCC/C=C\CCCCCCCC. The van der Waals surface area contributed by atoms with E-state index in [4.69, 9.17) is 23.7 Å². The van der Waals surface area contributed by atoms with Crippen molar-refractivity contribution in [1.29, 1.82) is 0 Å². The summed E-state index contributed by atoms with van der Waals surface area (Å²) in [6.45, 7) is 5.93. The summed E-state index contributed by atoms with van der Waals surface area (Å²) < 4.78 is 28.5. The molecule has 1 aliphatic heterocycles. The molecule has 0 aromatic rings. The second kappa shape index (κ2) is 55.0. The zero-order valence-corrected chi connectivity index (χ0v) is 50.4. The van der Waals surface area contributed by atoms with E-state index < -0.39 is 67.3 Å². The number of hydrogen-bond acceptors (Lipinski definition) is 11. The summed E-state index contributed by atoms with van der Waals surface area (Å²) in [5.41, 5.74) is 0.